The smallest absolute Gasteiger partial charge is 0.251 e. The number of nitrogens with one attached hydrogen (secondary N) is 2. The van der Waals surface area contributed by atoms with Crippen molar-refractivity contribution < 1.29 is 9.59 Å². The van der Waals surface area contributed by atoms with Gasteiger partial charge < -0.3 is 15.2 Å². The second kappa shape index (κ2) is 9.58. The van der Waals surface area contributed by atoms with Crippen molar-refractivity contribution in [2.45, 2.75) is 18.6 Å². The fourth-order valence-electron chi connectivity index (χ4n) is 2.52. The molecule has 0 fully saturated rings. The fourth-order valence-corrected chi connectivity index (χ4v) is 3.42. The predicted octanol–water partition coefficient (Wildman–Crippen LogP) is 3.44. The first-order chi connectivity index (χ1) is 13.9. The van der Waals surface area contributed by atoms with Crippen LogP contribution in [0.5, 0.6) is 0 Å². The van der Waals surface area contributed by atoms with Crippen molar-refractivity contribution in [1.29, 1.82) is 0 Å². The van der Waals surface area contributed by atoms with Gasteiger partial charge in [-0.15, -0.1) is 10.2 Å². The van der Waals surface area contributed by atoms with Gasteiger partial charge in [0.15, 0.2) is 11.0 Å². The Hall–Kier alpha value is -2.84. The summed E-state index contributed by atoms with van der Waals surface area (Å²) >= 11 is 7.25. The highest BCUT2D eigenvalue weighted by atomic mass is 35.5. The molecule has 0 bridgehead atoms. The highest BCUT2D eigenvalue weighted by molar-refractivity contribution is 7.99. The normalized spacial score (nSPS) is 10.6. The molecule has 0 saturated carbocycles. The number of anilines is 1. The van der Waals surface area contributed by atoms with E-state index < -0.39 is 0 Å². The van der Waals surface area contributed by atoms with Crippen LogP contribution in [0.4, 0.5) is 5.69 Å². The maximum Gasteiger partial charge on any atom is 0.251 e. The van der Waals surface area contributed by atoms with E-state index in [9.17, 15) is 9.59 Å². The van der Waals surface area contributed by atoms with Gasteiger partial charge in [0.25, 0.3) is 5.91 Å². The SMILES string of the molecule is Cc1ccc(Cl)cc1NC(=O)CSc1nnc(CNC(=O)c2ccccc2)n1C. The first kappa shape index (κ1) is 20.9. The molecule has 0 unspecified atom stereocenters. The molecule has 3 rings (SSSR count). The molecule has 0 saturated heterocycles. The van der Waals surface area contributed by atoms with Crippen LogP contribution in [0.25, 0.3) is 0 Å². The van der Waals surface area contributed by atoms with Gasteiger partial charge in [-0.25, -0.2) is 0 Å². The zero-order chi connectivity index (χ0) is 20.8. The Morgan fingerprint density at radius 2 is 1.90 bits per heavy atom. The third kappa shape index (κ3) is 5.58. The standard InChI is InChI=1S/C20H20ClN5O2S/c1-13-8-9-15(21)10-16(13)23-18(27)12-29-20-25-24-17(26(20)2)11-22-19(28)14-6-4-3-5-7-14/h3-10H,11-12H2,1-2H3,(H,22,28)(H,23,27). The number of aromatic nitrogens is 3. The van der Waals surface area contributed by atoms with Crippen LogP contribution in [-0.4, -0.2) is 32.3 Å². The van der Waals surface area contributed by atoms with Crippen LogP contribution in [0.15, 0.2) is 53.7 Å². The first-order valence-corrected chi connectivity index (χ1v) is 10.2. The molecular formula is C20H20ClN5O2S. The van der Waals surface area contributed by atoms with Crippen molar-refractivity contribution in [1.82, 2.24) is 20.1 Å². The summed E-state index contributed by atoms with van der Waals surface area (Å²) in [7, 11) is 1.80. The largest absolute Gasteiger partial charge is 0.345 e. The van der Waals surface area contributed by atoms with Crippen molar-refractivity contribution in [3.8, 4) is 0 Å². The lowest BCUT2D eigenvalue weighted by Crippen LogP contribution is -2.24. The maximum absolute atomic E-state index is 12.2. The van der Waals surface area contributed by atoms with Crippen molar-refractivity contribution in [3.05, 3.63) is 70.5 Å². The number of benzene rings is 2. The Morgan fingerprint density at radius 3 is 2.66 bits per heavy atom. The Kier molecular flexibility index (Phi) is 6.90. The van der Waals surface area contributed by atoms with Crippen LogP contribution in [-0.2, 0) is 18.4 Å². The van der Waals surface area contributed by atoms with Gasteiger partial charge in [0.05, 0.1) is 12.3 Å². The number of thioether (sulfide) groups is 1. The van der Waals surface area contributed by atoms with Crippen LogP contribution in [0.2, 0.25) is 5.02 Å². The lowest BCUT2D eigenvalue weighted by Gasteiger charge is -2.09. The monoisotopic (exact) mass is 429 g/mol. The van der Waals surface area contributed by atoms with Crippen LogP contribution in [0.1, 0.15) is 21.7 Å². The molecule has 0 aliphatic heterocycles. The summed E-state index contributed by atoms with van der Waals surface area (Å²) in [5.41, 5.74) is 2.20. The van der Waals surface area contributed by atoms with E-state index in [4.69, 9.17) is 11.6 Å². The van der Waals surface area contributed by atoms with E-state index in [0.717, 1.165) is 5.56 Å². The highest BCUT2D eigenvalue weighted by Crippen LogP contribution is 2.21. The molecule has 0 aliphatic carbocycles. The second-order valence-corrected chi connectivity index (χ2v) is 7.68. The zero-order valence-corrected chi connectivity index (χ0v) is 17.5. The molecule has 2 amide bonds. The summed E-state index contributed by atoms with van der Waals surface area (Å²) in [6, 6.07) is 14.3. The highest BCUT2D eigenvalue weighted by Gasteiger charge is 2.13. The summed E-state index contributed by atoms with van der Waals surface area (Å²) in [5, 5.41) is 15.0. The van der Waals surface area contributed by atoms with E-state index in [0.29, 0.717) is 27.3 Å². The predicted molar refractivity (Wildman–Crippen MR) is 114 cm³/mol. The molecule has 150 valence electrons. The Labute approximate surface area is 177 Å². The third-order valence-corrected chi connectivity index (χ3v) is 5.43. The lowest BCUT2D eigenvalue weighted by molar-refractivity contribution is -0.113. The molecule has 0 aliphatic rings. The number of amides is 2. The molecule has 29 heavy (non-hydrogen) atoms. The molecule has 0 atom stereocenters. The Morgan fingerprint density at radius 1 is 1.14 bits per heavy atom. The third-order valence-electron chi connectivity index (χ3n) is 4.17. The summed E-state index contributed by atoms with van der Waals surface area (Å²) in [5.74, 6) is 0.429. The average molecular weight is 430 g/mol. The van der Waals surface area contributed by atoms with Crippen LogP contribution in [0.3, 0.4) is 0 Å². The molecule has 0 radical (unpaired) electrons. The fraction of sp³-hybridized carbons (Fsp3) is 0.200. The van der Waals surface area contributed by atoms with Gasteiger partial charge in [0, 0.05) is 23.3 Å². The van der Waals surface area contributed by atoms with E-state index in [1.165, 1.54) is 11.8 Å². The zero-order valence-electron chi connectivity index (χ0n) is 16.0. The summed E-state index contributed by atoms with van der Waals surface area (Å²) in [4.78, 5) is 24.4. The van der Waals surface area contributed by atoms with Gasteiger partial charge in [0.2, 0.25) is 5.91 Å². The van der Waals surface area contributed by atoms with Crippen molar-refractivity contribution >= 4 is 40.9 Å². The molecule has 1 heterocycles. The average Bonchev–Trinajstić information content (AvgIpc) is 3.07. The van der Waals surface area contributed by atoms with E-state index in [1.54, 1.807) is 35.9 Å². The van der Waals surface area contributed by atoms with Gasteiger partial charge in [-0.1, -0.05) is 47.6 Å². The molecule has 2 aromatic carbocycles. The molecule has 9 heteroatoms. The van der Waals surface area contributed by atoms with Crippen LogP contribution < -0.4 is 10.6 Å². The van der Waals surface area contributed by atoms with Crippen LogP contribution in [0, 0.1) is 6.92 Å². The molecule has 7 nitrogen and oxygen atoms in total. The maximum atomic E-state index is 12.2. The molecule has 2 N–H and O–H groups in total. The lowest BCUT2D eigenvalue weighted by atomic mass is 10.2. The van der Waals surface area contributed by atoms with Crippen molar-refractivity contribution in [2.75, 3.05) is 11.1 Å². The van der Waals surface area contributed by atoms with Gasteiger partial charge >= 0.3 is 0 Å². The molecule has 3 aromatic rings. The number of carbonyl (C=O) groups excluding carboxylic acids is 2. The topological polar surface area (TPSA) is 88.9 Å². The Bertz CT molecular complexity index is 1020. The summed E-state index contributed by atoms with van der Waals surface area (Å²) in [6.07, 6.45) is 0. The number of nitrogens with zero attached hydrogens (tertiary/aromatic N) is 3. The van der Waals surface area contributed by atoms with Gasteiger partial charge in [-0.3, -0.25) is 9.59 Å². The van der Waals surface area contributed by atoms with Crippen molar-refractivity contribution in [2.24, 2.45) is 7.05 Å². The minimum Gasteiger partial charge on any atom is -0.345 e. The van der Waals surface area contributed by atoms with Gasteiger partial charge in [0.1, 0.15) is 0 Å². The number of hydrogen-bond acceptors (Lipinski definition) is 5. The first-order valence-electron chi connectivity index (χ1n) is 8.84. The van der Waals surface area contributed by atoms with Crippen LogP contribution >= 0.6 is 23.4 Å². The molecule has 1 aromatic heterocycles. The van der Waals surface area contributed by atoms with E-state index >= 15 is 0 Å². The second-order valence-electron chi connectivity index (χ2n) is 6.30. The quantitative estimate of drug-likeness (QED) is 0.561. The van der Waals surface area contributed by atoms with E-state index in [1.807, 2.05) is 31.2 Å². The number of rotatable bonds is 7. The summed E-state index contributed by atoms with van der Waals surface area (Å²) in [6.45, 7) is 2.14. The number of carbonyl (C=O) groups is 2. The summed E-state index contributed by atoms with van der Waals surface area (Å²) < 4.78 is 1.76. The molecule has 0 spiro atoms. The number of halogens is 1. The minimum atomic E-state index is -0.181. The number of hydrogen-bond donors (Lipinski definition) is 2. The minimum absolute atomic E-state index is 0.165. The van der Waals surface area contributed by atoms with Gasteiger partial charge in [-0.05, 0) is 36.8 Å². The van der Waals surface area contributed by atoms with E-state index in [-0.39, 0.29) is 24.1 Å². The molecular weight excluding hydrogens is 410 g/mol. The van der Waals surface area contributed by atoms with Gasteiger partial charge in [-0.2, -0.15) is 0 Å². The Balaban J connectivity index is 1.53. The van der Waals surface area contributed by atoms with E-state index in [2.05, 4.69) is 20.8 Å². The van der Waals surface area contributed by atoms with Crippen molar-refractivity contribution in [3.63, 3.8) is 0 Å². The number of aryl methyl sites for hydroxylation is 1.